The Balaban J connectivity index is 1.93. The van der Waals surface area contributed by atoms with E-state index in [9.17, 15) is 4.79 Å². The first-order valence-corrected chi connectivity index (χ1v) is 7.48. The average molecular weight is 292 g/mol. The molecule has 4 heteroatoms. The number of pyridine rings is 1. The van der Waals surface area contributed by atoms with Crippen LogP contribution in [0.3, 0.4) is 0 Å². The van der Waals surface area contributed by atoms with Gasteiger partial charge in [0.05, 0.1) is 18.7 Å². The van der Waals surface area contributed by atoms with E-state index in [0.717, 1.165) is 27.2 Å². The van der Waals surface area contributed by atoms with Crippen LogP contribution in [-0.4, -0.2) is 42.1 Å². The molecule has 1 saturated heterocycles. The van der Waals surface area contributed by atoms with Crippen LogP contribution in [0.4, 0.5) is 0 Å². The molecule has 1 aromatic heterocycles. The van der Waals surface area contributed by atoms with Gasteiger partial charge in [-0.1, -0.05) is 30.3 Å². The highest BCUT2D eigenvalue weighted by Gasteiger charge is 2.21. The predicted octanol–water partition coefficient (Wildman–Crippen LogP) is 2.86. The molecule has 0 N–H and O–H groups in total. The van der Waals surface area contributed by atoms with E-state index in [0.29, 0.717) is 26.3 Å². The Hall–Kier alpha value is -2.46. The van der Waals surface area contributed by atoms with Crippen molar-refractivity contribution in [3.8, 4) is 0 Å². The van der Waals surface area contributed by atoms with Gasteiger partial charge in [-0.15, -0.1) is 0 Å². The van der Waals surface area contributed by atoms with E-state index in [1.807, 2.05) is 41.3 Å². The molecule has 1 fully saturated rings. The third kappa shape index (κ3) is 2.12. The third-order valence-electron chi connectivity index (χ3n) is 4.14. The van der Waals surface area contributed by atoms with E-state index in [1.54, 1.807) is 6.20 Å². The predicted molar refractivity (Wildman–Crippen MR) is 86.0 cm³/mol. The van der Waals surface area contributed by atoms with Crippen LogP contribution in [0.15, 0.2) is 48.7 Å². The molecule has 22 heavy (non-hydrogen) atoms. The van der Waals surface area contributed by atoms with Crippen molar-refractivity contribution in [2.75, 3.05) is 26.3 Å². The van der Waals surface area contributed by atoms with E-state index in [2.05, 4.69) is 11.1 Å². The average Bonchev–Trinajstić information content (AvgIpc) is 2.61. The molecule has 1 aliphatic heterocycles. The van der Waals surface area contributed by atoms with Gasteiger partial charge in [0.1, 0.15) is 0 Å². The minimum Gasteiger partial charge on any atom is -0.378 e. The molecule has 0 saturated carbocycles. The van der Waals surface area contributed by atoms with E-state index >= 15 is 0 Å². The van der Waals surface area contributed by atoms with Crippen LogP contribution in [0, 0.1) is 0 Å². The van der Waals surface area contributed by atoms with Crippen molar-refractivity contribution in [1.82, 2.24) is 9.88 Å². The van der Waals surface area contributed by atoms with Gasteiger partial charge in [0.25, 0.3) is 5.91 Å². The number of hydrogen-bond acceptors (Lipinski definition) is 3. The van der Waals surface area contributed by atoms with Gasteiger partial charge in [-0.25, -0.2) is 0 Å². The Morgan fingerprint density at radius 2 is 1.77 bits per heavy atom. The Labute approximate surface area is 128 Å². The molecule has 110 valence electrons. The summed E-state index contributed by atoms with van der Waals surface area (Å²) in [6.07, 6.45) is 1.78. The van der Waals surface area contributed by atoms with E-state index in [1.165, 1.54) is 0 Å². The number of hydrogen-bond donors (Lipinski definition) is 0. The number of morpholine rings is 1. The van der Waals surface area contributed by atoms with Gasteiger partial charge in [-0.2, -0.15) is 0 Å². The summed E-state index contributed by atoms with van der Waals surface area (Å²) in [6, 6.07) is 13.9. The van der Waals surface area contributed by atoms with E-state index in [4.69, 9.17) is 4.74 Å². The van der Waals surface area contributed by atoms with E-state index < -0.39 is 0 Å². The highest BCUT2D eigenvalue weighted by Crippen LogP contribution is 2.27. The number of ether oxygens (including phenoxy) is 1. The minimum absolute atomic E-state index is 0.0621. The van der Waals surface area contributed by atoms with Crippen LogP contribution in [0.5, 0.6) is 0 Å². The van der Waals surface area contributed by atoms with Crippen molar-refractivity contribution in [3.63, 3.8) is 0 Å². The molecule has 0 atom stereocenters. The smallest absolute Gasteiger partial charge is 0.254 e. The number of fused-ring (bicyclic) bond motifs is 3. The zero-order valence-electron chi connectivity index (χ0n) is 12.2. The maximum atomic E-state index is 12.9. The number of nitrogens with zero attached hydrogens (tertiary/aromatic N) is 2. The zero-order chi connectivity index (χ0) is 14.9. The Kier molecular flexibility index (Phi) is 3.24. The molecule has 1 aliphatic rings. The molecular weight excluding hydrogens is 276 g/mol. The first-order chi connectivity index (χ1) is 10.8. The van der Waals surface area contributed by atoms with Gasteiger partial charge >= 0.3 is 0 Å². The second-order valence-corrected chi connectivity index (χ2v) is 5.45. The van der Waals surface area contributed by atoms with Crippen LogP contribution in [0.25, 0.3) is 21.7 Å². The van der Waals surface area contributed by atoms with Crippen molar-refractivity contribution in [1.29, 1.82) is 0 Å². The van der Waals surface area contributed by atoms with Crippen molar-refractivity contribution in [2.24, 2.45) is 0 Å². The zero-order valence-corrected chi connectivity index (χ0v) is 12.2. The van der Waals surface area contributed by atoms with E-state index in [-0.39, 0.29) is 5.91 Å². The van der Waals surface area contributed by atoms with Gasteiger partial charge in [-0.3, -0.25) is 9.78 Å². The summed E-state index contributed by atoms with van der Waals surface area (Å²) in [5.41, 5.74) is 1.61. The standard InChI is InChI=1S/C18H16N2O2/c21-18(20-9-11-22-12-10-20)15-5-1-3-13-6-7-14-4-2-8-19-17(14)16(13)15/h1-8H,9-12H2. The fraction of sp³-hybridized carbons (Fsp3) is 0.222. The monoisotopic (exact) mass is 292 g/mol. The van der Waals surface area contributed by atoms with Gasteiger partial charge < -0.3 is 9.64 Å². The van der Waals surface area contributed by atoms with Crippen molar-refractivity contribution < 1.29 is 9.53 Å². The third-order valence-corrected chi connectivity index (χ3v) is 4.14. The summed E-state index contributed by atoms with van der Waals surface area (Å²) < 4.78 is 5.34. The molecule has 2 aromatic carbocycles. The SMILES string of the molecule is O=C(c1cccc2ccc3cccnc3c12)N1CCOCC1. The van der Waals surface area contributed by atoms with Crippen molar-refractivity contribution in [3.05, 3.63) is 54.2 Å². The number of carbonyl (C=O) groups excluding carboxylic acids is 1. The lowest BCUT2D eigenvalue weighted by Gasteiger charge is -2.27. The molecule has 0 unspecified atom stereocenters. The van der Waals surface area contributed by atoms with Gasteiger partial charge in [-0.05, 0) is 17.5 Å². The molecule has 4 nitrogen and oxygen atoms in total. The molecule has 0 bridgehead atoms. The summed E-state index contributed by atoms with van der Waals surface area (Å²) in [4.78, 5) is 19.3. The summed E-state index contributed by atoms with van der Waals surface area (Å²) in [6.45, 7) is 2.51. The molecule has 1 amide bonds. The van der Waals surface area contributed by atoms with Crippen LogP contribution in [0.1, 0.15) is 10.4 Å². The summed E-state index contributed by atoms with van der Waals surface area (Å²) >= 11 is 0. The number of benzene rings is 2. The highest BCUT2D eigenvalue weighted by atomic mass is 16.5. The quantitative estimate of drug-likeness (QED) is 0.648. The number of rotatable bonds is 1. The van der Waals surface area contributed by atoms with Gasteiger partial charge in [0, 0.05) is 35.6 Å². The Bertz CT molecular complexity index is 854. The Morgan fingerprint density at radius 3 is 2.64 bits per heavy atom. The Morgan fingerprint density at radius 1 is 1.00 bits per heavy atom. The molecule has 4 rings (SSSR count). The molecule has 2 heterocycles. The van der Waals surface area contributed by atoms with Gasteiger partial charge in [0.2, 0.25) is 0 Å². The van der Waals surface area contributed by atoms with Crippen LogP contribution >= 0.6 is 0 Å². The molecular formula is C18H16N2O2. The highest BCUT2D eigenvalue weighted by molar-refractivity contribution is 6.16. The topological polar surface area (TPSA) is 42.4 Å². The molecule has 0 spiro atoms. The van der Waals surface area contributed by atoms with Crippen molar-refractivity contribution >= 4 is 27.6 Å². The lowest BCUT2D eigenvalue weighted by molar-refractivity contribution is 0.0304. The lowest BCUT2D eigenvalue weighted by Crippen LogP contribution is -2.40. The minimum atomic E-state index is 0.0621. The second-order valence-electron chi connectivity index (χ2n) is 5.45. The molecule has 0 radical (unpaired) electrons. The van der Waals surface area contributed by atoms with Crippen molar-refractivity contribution in [2.45, 2.75) is 0 Å². The largest absolute Gasteiger partial charge is 0.378 e. The molecule has 0 aliphatic carbocycles. The van der Waals surface area contributed by atoms with Gasteiger partial charge in [0.15, 0.2) is 0 Å². The fourth-order valence-electron chi connectivity index (χ4n) is 3.03. The van der Waals surface area contributed by atoms with Crippen LogP contribution in [0.2, 0.25) is 0 Å². The summed E-state index contributed by atoms with van der Waals surface area (Å²) in [5.74, 6) is 0.0621. The summed E-state index contributed by atoms with van der Waals surface area (Å²) in [7, 11) is 0. The summed E-state index contributed by atoms with van der Waals surface area (Å²) in [5, 5.41) is 3.04. The normalized spacial score (nSPS) is 15.4. The van der Waals surface area contributed by atoms with Crippen LogP contribution < -0.4 is 0 Å². The van der Waals surface area contributed by atoms with Crippen LogP contribution in [-0.2, 0) is 4.74 Å². The maximum Gasteiger partial charge on any atom is 0.254 e. The fourth-order valence-corrected chi connectivity index (χ4v) is 3.03. The number of carbonyl (C=O) groups is 1. The number of amides is 1. The second kappa shape index (κ2) is 5.39. The lowest BCUT2D eigenvalue weighted by atomic mass is 10.00. The number of aromatic nitrogens is 1. The molecule has 3 aromatic rings. The first kappa shape index (κ1) is 13.2. The first-order valence-electron chi connectivity index (χ1n) is 7.48. The maximum absolute atomic E-state index is 12.9.